The van der Waals surface area contributed by atoms with E-state index in [0.717, 1.165) is 29.4 Å². The molecule has 4 heteroatoms. The van der Waals surface area contributed by atoms with Gasteiger partial charge in [-0.15, -0.1) is 0 Å². The van der Waals surface area contributed by atoms with Crippen molar-refractivity contribution in [3.8, 4) is 0 Å². The predicted octanol–water partition coefficient (Wildman–Crippen LogP) is 1.12. The van der Waals surface area contributed by atoms with E-state index in [2.05, 4.69) is 0 Å². The zero-order valence-electron chi connectivity index (χ0n) is 9.10. The summed E-state index contributed by atoms with van der Waals surface area (Å²) >= 11 is 0. The summed E-state index contributed by atoms with van der Waals surface area (Å²) in [7, 11) is 1.60. The predicted molar refractivity (Wildman–Crippen MR) is 57.9 cm³/mol. The number of benzene rings is 1. The molecule has 84 valence electrons. The summed E-state index contributed by atoms with van der Waals surface area (Å²) in [6.45, 7) is 1.63. The molecule has 16 heavy (non-hydrogen) atoms. The SMILES string of the molecule is COCc1cc2c(cc1C=O)CN(C=O)C2. The minimum absolute atomic E-state index is 0.419. The number of carbonyl (C=O) groups is 2. The standard InChI is InChI=1S/C12H13NO3/c1-16-7-12-3-10-5-13(8-15)4-9(10)2-11(12)6-14/h2-3,6,8H,4-5,7H2,1H3. The van der Waals surface area contributed by atoms with Gasteiger partial charge in [0.2, 0.25) is 6.41 Å². The lowest BCUT2D eigenvalue weighted by atomic mass is 10.0. The zero-order valence-corrected chi connectivity index (χ0v) is 9.10. The summed E-state index contributed by atoms with van der Waals surface area (Å²) in [5.41, 5.74) is 3.68. The van der Waals surface area contributed by atoms with Gasteiger partial charge in [-0.2, -0.15) is 0 Å². The molecule has 1 heterocycles. The van der Waals surface area contributed by atoms with Crippen molar-refractivity contribution in [2.45, 2.75) is 19.7 Å². The fourth-order valence-corrected chi connectivity index (χ4v) is 2.01. The van der Waals surface area contributed by atoms with Crippen LogP contribution in [0.2, 0.25) is 0 Å². The van der Waals surface area contributed by atoms with E-state index in [-0.39, 0.29) is 0 Å². The third-order valence-electron chi connectivity index (χ3n) is 2.78. The number of methoxy groups -OCH3 is 1. The van der Waals surface area contributed by atoms with E-state index in [1.54, 1.807) is 12.0 Å². The molecule has 2 rings (SSSR count). The number of amides is 1. The summed E-state index contributed by atoms with van der Waals surface area (Å²) in [5, 5.41) is 0. The van der Waals surface area contributed by atoms with Crippen LogP contribution >= 0.6 is 0 Å². The highest BCUT2D eigenvalue weighted by atomic mass is 16.5. The largest absolute Gasteiger partial charge is 0.380 e. The maximum atomic E-state index is 10.9. The second-order valence-electron chi connectivity index (χ2n) is 3.88. The van der Waals surface area contributed by atoms with Gasteiger partial charge in [0.15, 0.2) is 0 Å². The van der Waals surface area contributed by atoms with Gasteiger partial charge in [-0.3, -0.25) is 9.59 Å². The van der Waals surface area contributed by atoms with Crippen molar-refractivity contribution < 1.29 is 14.3 Å². The Bertz CT molecular complexity index is 429. The van der Waals surface area contributed by atoms with Gasteiger partial charge in [-0.1, -0.05) is 6.07 Å². The second kappa shape index (κ2) is 4.45. The average Bonchev–Trinajstić information content (AvgIpc) is 2.70. The molecule has 4 nitrogen and oxygen atoms in total. The molecule has 0 spiro atoms. The molecule has 1 amide bonds. The smallest absolute Gasteiger partial charge is 0.210 e. The van der Waals surface area contributed by atoms with Gasteiger partial charge in [-0.05, 0) is 22.8 Å². The number of carbonyl (C=O) groups excluding carboxylic acids is 2. The lowest BCUT2D eigenvalue weighted by Crippen LogP contribution is -2.12. The van der Waals surface area contributed by atoms with Crippen molar-refractivity contribution in [1.29, 1.82) is 0 Å². The van der Waals surface area contributed by atoms with Crippen LogP contribution in [-0.2, 0) is 29.2 Å². The van der Waals surface area contributed by atoms with E-state index in [0.29, 0.717) is 25.3 Å². The van der Waals surface area contributed by atoms with Crippen LogP contribution in [0.4, 0.5) is 0 Å². The summed E-state index contributed by atoms with van der Waals surface area (Å²) in [6, 6.07) is 3.80. The Hall–Kier alpha value is -1.68. The molecule has 1 aromatic carbocycles. The molecule has 0 unspecified atom stereocenters. The van der Waals surface area contributed by atoms with Crippen molar-refractivity contribution in [2.75, 3.05) is 7.11 Å². The van der Waals surface area contributed by atoms with Crippen molar-refractivity contribution in [3.63, 3.8) is 0 Å². The van der Waals surface area contributed by atoms with Gasteiger partial charge in [0, 0.05) is 25.8 Å². The van der Waals surface area contributed by atoms with Crippen LogP contribution in [0.5, 0.6) is 0 Å². The maximum absolute atomic E-state index is 10.9. The molecule has 1 aliphatic heterocycles. The van der Waals surface area contributed by atoms with Crippen LogP contribution < -0.4 is 0 Å². The van der Waals surface area contributed by atoms with Crippen molar-refractivity contribution in [1.82, 2.24) is 4.90 Å². The third kappa shape index (κ3) is 1.84. The van der Waals surface area contributed by atoms with Crippen LogP contribution in [0.25, 0.3) is 0 Å². The normalized spacial score (nSPS) is 13.7. The van der Waals surface area contributed by atoms with Crippen LogP contribution in [0.1, 0.15) is 27.0 Å². The minimum atomic E-state index is 0.419. The Morgan fingerprint density at radius 2 is 2.00 bits per heavy atom. The fraction of sp³-hybridized carbons (Fsp3) is 0.333. The Morgan fingerprint density at radius 3 is 2.56 bits per heavy atom. The third-order valence-corrected chi connectivity index (χ3v) is 2.78. The lowest BCUT2D eigenvalue weighted by molar-refractivity contribution is -0.118. The summed E-state index contributed by atoms with van der Waals surface area (Å²) in [4.78, 5) is 23.3. The quantitative estimate of drug-likeness (QED) is 0.713. The van der Waals surface area contributed by atoms with Gasteiger partial charge in [-0.25, -0.2) is 0 Å². The van der Waals surface area contributed by atoms with Gasteiger partial charge < -0.3 is 9.64 Å². The van der Waals surface area contributed by atoms with Crippen molar-refractivity contribution in [2.24, 2.45) is 0 Å². The first kappa shape index (κ1) is 10.8. The Kier molecular flexibility index (Phi) is 3.01. The number of hydrogen-bond donors (Lipinski definition) is 0. The average molecular weight is 219 g/mol. The maximum Gasteiger partial charge on any atom is 0.210 e. The molecule has 0 saturated heterocycles. The molecule has 0 atom stereocenters. The van der Waals surface area contributed by atoms with Crippen molar-refractivity contribution in [3.05, 3.63) is 34.4 Å². The summed E-state index contributed by atoms with van der Waals surface area (Å²) in [6.07, 6.45) is 1.66. The van der Waals surface area contributed by atoms with Gasteiger partial charge in [0.25, 0.3) is 0 Å². The highest BCUT2D eigenvalue weighted by molar-refractivity contribution is 5.78. The minimum Gasteiger partial charge on any atom is -0.380 e. The molecule has 0 radical (unpaired) electrons. The van der Waals surface area contributed by atoms with Crippen LogP contribution in [0.3, 0.4) is 0 Å². The van der Waals surface area contributed by atoms with E-state index in [4.69, 9.17) is 4.74 Å². The summed E-state index contributed by atoms with van der Waals surface area (Å²) < 4.78 is 5.04. The van der Waals surface area contributed by atoms with E-state index < -0.39 is 0 Å². The zero-order chi connectivity index (χ0) is 11.5. The molecule has 0 fully saturated rings. The van der Waals surface area contributed by atoms with Crippen LogP contribution in [-0.4, -0.2) is 24.7 Å². The van der Waals surface area contributed by atoms with Crippen LogP contribution in [0.15, 0.2) is 12.1 Å². The number of rotatable bonds is 4. The molecule has 0 N–H and O–H groups in total. The summed E-state index contributed by atoms with van der Waals surface area (Å²) in [5.74, 6) is 0. The fourth-order valence-electron chi connectivity index (χ4n) is 2.01. The van der Waals surface area contributed by atoms with Gasteiger partial charge in [0.05, 0.1) is 6.61 Å². The molecule has 0 bridgehead atoms. The highest BCUT2D eigenvalue weighted by Gasteiger charge is 2.19. The first-order valence-electron chi connectivity index (χ1n) is 5.06. The van der Waals surface area contributed by atoms with Gasteiger partial charge in [0.1, 0.15) is 6.29 Å². The number of fused-ring (bicyclic) bond motifs is 1. The Morgan fingerprint density at radius 1 is 1.31 bits per heavy atom. The van der Waals surface area contributed by atoms with E-state index in [1.807, 2.05) is 12.1 Å². The van der Waals surface area contributed by atoms with Crippen LogP contribution in [0, 0.1) is 0 Å². The molecule has 0 aliphatic carbocycles. The Labute approximate surface area is 93.8 Å². The second-order valence-corrected chi connectivity index (χ2v) is 3.88. The Balaban J connectivity index is 2.38. The van der Waals surface area contributed by atoms with E-state index in [9.17, 15) is 9.59 Å². The number of nitrogens with zero attached hydrogens (tertiary/aromatic N) is 1. The topological polar surface area (TPSA) is 46.6 Å². The monoisotopic (exact) mass is 219 g/mol. The molecule has 0 aromatic heterocycles. The number of ether oxygens (including phenoxy) is 1. The molecular formula is C12H13NO3. The van der Waals surface area contributed by atoms with Gasteiger partial charge >= 0.3 is 0 Å². The molecule has 1 aromatic rings. The first-order valence-corrected chi connectivity index (χ1v) is 5.06. The van der Waals surface area contributed by atoms with Crippen molar-refractivity contribution >= 4 is 12.7 Å². The number of hydrogen-bond acceptors (Lipinski definition) is 3. The molecule has 1 aliphatic rings. The molecule has 0 saturated carbocycles. The highest BCUT2D eigenvalue weighted by Crippen LogP contribution is 2.25. The van der Waals surface area contributed by atoms with E-state index in [1.165, 1.54) is 0 Å². The number of aldehydes is 1. The lowest BCUT2D eigenvalue weighted by Gasteiger charge is -2.06. The first-order chi connectivity index (χ1) is 7.78. The molecular weight excluding hydrogens is 206 g/mol. The van der Waals surface area contributed by atoms with E-state index >= 15 is 0 Å².